The van der Waals surface area contributed by atoms with E-state index in [0.717, 1.165) is 17.5 Å². The van der Waals surface area contributed by atoms with Crippen LogP contribution in [0.15, 0.2) is 24.3 Å². The minimum atomic E-state index is -0.417. The quantitative estimate of drug-likeness (QED) is 0.460. The molecule has 3 atom stereocenters. The summed E-state index contributed by atoms with van der Waals surface area (Å²) >= 11 is 0. The van der Waals surface area contributed by atoms with Crippen molar-refractivity contribution in [2.24, 2.45) is 17.8 Å². The Hall–Kier alpha value is -2.11. The van der Waals surface area contributed by atoms with Crippen LogP contribution in [0, 0.1) is 27.9 Å². The molecule has 0 saturated heterocycles. The van der Waals surface area contributed by atoms with Crippen LogP contribution >= 0.6 is 0 Å². The Morgan fingerprint density at radius 1 is 1.17 bits per heavy atom. The molecule has 1 amide bonds. The van der Waals surface area contributed by atoms with Crippen molar-refractivity contribution in [3.8, 4) is 0 Å². The lowest BCUT2D eigenvalue weighted by atomic mass is 9.86. The summed E-state index contributed by atoms with van der Waals surface area (Å²) in [5.41, 5.74) is 0.896. The highest BCUT2D eigenvalue weighted by Gasteiger charge is 2.39. The first-order valence-corrected chi connectivity index (χ1v) is 8.37. The van der Waals surface area contributed by atoms with Gasteiger partial charge in [0.25, 0.3) is 5.69 Å². The number of rotatable bonds is 7. The van der Waals surface area contributed by atoms with Gasteiger partial charge in [0, 0.05) is 37.3 Å². The zero-order valence-electron chi connectivity index (χ0n) is 13.2. The van der Waals surface area contributed by atoms with E-state index in [4.69, 9.17) is 0 Å². The molecule has 2 N–H and O–H groups in total. The van der Waals surface area contributed by atoms with Crippen molar-refractivity contribution < 1.29 is 9.72 Å². The Balaban J connectivity index is 1.33. The molecule has 2 saturated carbocycles. The Bertz CT molecular complexity index is 573. The first kappa shape index (κ1) is 15.8. The minimum absolute atomic E-state index is 0.0784. The van der Waals surface area contributed by atoms with Gasteiger partial charge in [-0.1, -0.05) is 6.42 Å². The van der Waals surface area contributed by atoms with Gasteiger partial charge in [0.1, 0.15) is 0 Å². The minimum Gasteiger partial charge on any atom is -0.383 e. The first-order valence-electron chi connectivity index (χ1n) is 8.37. The highest BCUT2D eigenvalue weighted by atomic mass is 16.6. The van der Waals surface area contributed by atoms with Gasteiger partial charge >= 0.3 is 0 Å². The van der Waals surface area contributed by atoms with Crippen molar-refractivity contribution in [1.29, 1.82) is 0 Å². The van der Waals surface area contributed by atoms with Crippen LogP contribution in [-0.4, -0.2) is 23.9 Å². The zero-order valence-corrected chi connectivity index (χ0v) is 13.2. The number of anilines is 1. The normalized spacial score (nSPS) is 25.3. The number of hydrogen-bond donors (Lipinski definition) is 2. The van der Waals surface area contributed by atoms with E-state index in [9.17, 15) is 14.9 Å². The van der Waals surface area contributed by atoms with E-state index in [0.29, 0.717) is 25.4 Å². The number of nitrogens with zero attached hydrogens (tertiary/aromatic N) is 1. The molecular formula is C17H23N3O3. The lowest BCUT2D eigenvalue weighted by Gasteiger charge is -2.20. The molecular weight excluding hydrogens is 294 g/mol. The fourth-order valence-electron chi connectivity index (χ4n) is 4.05. The molecule has 0 aliphatic heterocycles. The van der Waals surface area contributed by atoms with Crippen LogP contribution in [0.2, 0.25) is 0 Å². The Labute approximate surface area is 135 Å². The molecule has 0 heterocycles. The summed E-state index contributed by atoms with van der Waals surface area (Å²) in [5.74, 6) is 2.40. The van der Waals surface area contributed by atoms with E-state index in [2.05, 4.69) is 10.6 Å². The molecule has 0 unspecified atom stereocenters. The molecule has 2 aliphatic rings. The van der Waals surface area contributed by atoms with Crippen LogP contribution < -0.4 is 10.6 Å². The SMILES string of the molecule is O=C(C[C@H]1C[C@@H]2CC[C@@H]1C2)NCCNc1ccc([N+](=O)[O-])cc1. The van der Waals surface area contributed by atoms with Crippen LogP contribution in [-0.2, 0) is 4.79 Å². The van der Waals surface area contributed by atoms with Crippen molar-refractivity contribution >= 4 is 17.3 Å². The summed E-state index contributed by atoms with van der Waals surface area (Å²) in [6.45, 7) is 1.18. The van der Waals surface area contributed by atoms with Crippen LogP contribution in [0.4, 0.5) is 11.4 Å². The first-order chi connectivity index (χ1) is 11.1. The lowest BCUT2D eigenvalue weighted by molar-refractivity contribution is -0.384. The maximum Gasteiger partial charge on any atom is 0.269 e. The van der Waals surface area contributed by atoms with E-state index in [1.54, 1.807) is 12.1 Å². The molecule has 1 aromatic rings. The van der Waals surface area contributed by atoms with E-state index < -0.39 is 4.92 Å². The maximum absolute atomic E-state index is 12.0. The summed E-state index contributed by atoms with van der Waals surface area (Å²) in [6.07, 6.45) is 5.91. The molecule has 124 valence electrons. The molecule has 2 fully saturated rings. The lowest BCUT2D eigenvalue weighted by Crippen LogP contribution is -2.31. The van der Waals surface area contributed by atoms with Gasteiger partial charge in [-0.2, -0.15) is 0 Å². The van der Waals surface area contributed by atoms with Gasteiger partial charge in [0.2, 0.25) is 5.91 Å². The second kappa shape index (κ2) is 6.98. The molecule has 3 rings (SSSR count). The van der Waals surface area contributed by atoms with E-state index in [1.807, 2.05) is 0 Å². The number of nitrogens with one attached hydrogen (secondary N) is 2. The van der Waals surface area contributed by atoms with Gasteiger partial charge in [-0.25, -0.2) is 0 Å². The van der Waals surface area contributed by atoms with Crippen LogP contribution in [0.3, 0.4) is 0 Å². The summed E-state index contributed by atoms with van der Waals surface area (Å²) in [4.78, 5) is 22.2. The van der Waals surface area contributed by atoms with Gasteiger partial charge in [0.15, 0.2) is 0 Å². The number of hydrogen-bond acceptors (Lipinski definition) is 4. The highest BCUT2D eigenvalue weighted by molar-refractivity contribution is 5.76. The predicted molar refractivity (Wildman–Crippen MR) is 88.2 cm³/mol. The third-order valence-corrected chi connectivity index (χ3v) is 5.19. The fraction of sp³-hybridized carbons (Fsp3) is 0.588. The third kappa shape index (κ3) is 4.00. The van der Waals surface area contributed by atoms with Gasteiger partial charge in [-0.3, -0.25) is 14.9 Å². The summed E-state index contributed by atoms with van der Waals surface area (Å²) in [6, 6.07) is 6.29. The molecule has 1 aromatic carbocycles. The summed E-state index contributed by atoms with van der Waals surface area (Å²) in [7, 11) is 0. The Morgan fingerprint density at radius 2 is 1.96 bits per heavy atom. The number of carbonyl (C=O) groups is 1. The molecule has 0 aromatic heterocycles. The number of fused-ring (bicyclic) bond motifs is 2. The van der Waals surface area contributed by atoms with Crippen molar-refractivity contribution in [2.75, 3.05) is 18.4 Å². The standard InChI is InChI=1S/C17H23N3O3/c21-17(11-14-10-12-1-2-13(14)9-12)19-8-7-18-15-3-5-16(6-4-15)20(22)23/h3-6,12-14,18H,1-2,7-11H2,(H,19,21)/t12-,13-,14-/m1/s1. The molecule has 6 nitrogen and oxygen atoms in total. The topological polar surface area (TPSA) is 84.3 Å². The number of nitro groups is 1. The summed E-state index contributed by atoms with van der Waals surface area (Å²) in [5, 5.41) is 16.7. The maximum atomic E-state index is 12.0. The van der Waals surface area contributed by atoms with E-state index >= 15 is 0 Å². The van der Waals surface area contributed by atoms with Crippen LogP contribution in [0.1, 0.15) is 32.1 Å². The smallest absolute Gasteiger partial charge is 0.269 e. The van der Waals surface area contributed by atoms with Crippen molar-refractivity contribution in [3.05, 3.63) is 34.4 Å². The van der Waals surface area contributed by atoms with Crippen LogP contribution in [0.5, 0.6) is 0 Å². The molecule has 23 heavy (non-hydrogen) atoms. The van der Waals surface area contributed by atoms with E-state index in [-0.39, 0.29) is 11.6 Å². The van der Waals surface area contributed by atoms with Gasteiger partial charge in [-0.05, 0) is 49.1 Å². The van der Waals surface area contributed by atoms with Crippen molar-refractivity contribution in [1.82, 2.24) is 5.32 Å². The fourth-order valence-corrected chi connectivity index (χ4v) is 4.05. The zero-order chi connectivity index (χ0) is 16.2. The van der Waals surface area contributed by atoms with Crippen LogP contribution in [0.25, 0.3) is 0 Å². The number of benzene rings is 1. The Kier molecular flexibility index (Phi) is 4.79. The monoisotopic (exact) mass is 317 g/mol. The number of carbonyl (C=O) groups excluding carboxylic acids is 1. The molecule has 2 bridgehead atoms. The van der Waals surface area contributed by atoms with E-state index in [1.165, 1.54) is 37.8 Å². The van der Waals surface area contributed by atoms with Crippen molar-refractivity contribution in [2.45, 2.75) is 32.1 Å². The molecule has 6 heteroatoms. The highest BCUT2D eigenvalue weighted by Crippen LogP contribution is 2.49. The second-order valence-corrected chi connectivity index (χ2v) is 6.72. The average Bonchev–Trinajstić information content (AvgIpc) is 3.15. The second-order valence-electron chi connectivity index (χ2n) is 6.72. The molecule has 0 radical (unpaired) electrons. The number of nitro benzene ring substituents is 1. The van der Waals surface area contributed by atoms with Crippen molar-refractivity contribution in [3.63, 3.8) is 0 Å². The van der Waals surface area contributed by atoms with Gasteiger partial charge in [0.05, 0.1) is 4.92 Å². The third-order valence-electron chi connectivity index (χ3n) is 5.19. The number of amides is 1. The summed E-state index contributed by atoms with van der Waals surface area (Å²) < 4.78 is 0. The molecule has 2 aliphatic carbocycles. The predicted octanol–water partition coefficient (Wildman–Crippen LogP) is 2.95. The average molecular weight is 317 g/mol. The molecule has 0 spiro atoms. The van der Waals surface area contributed by atoms with Gasteiger partial charge in [-0.15, -0.1) is 0 Å². The number of non-ortho nitro benzene ring substituents is 1. The Morgan fingerprint density at radius 3 is 2.57 bits per heavy atom. The largest absolute Gasteiger partial charge is 0.383 e. The van der Waals surface area contributed by atoms with Gasteiger partial charge < -0.3 is 10.6 Å².